The molecule has 1 saturated heterocycles. The Bertz CT molecular complexity index is 991. The van der Waals surface area contributed by atoms with Crippen LogP contribution in [0.3, 0.4) is 0 Å². The van der Waals surface area contributed by atoms with Gasteiger partial charge in [0.1, 0.15) is 23.8 Å². The number of hydrogen-bond acceptors (Lipinski definition) is 6. The second-order valence-corrected chi connectivity index (χ2v) is 8.90. The van der Waals surface area contributed by atoms with Crippen LogP contribution >= 0.6 is 11.6 Å². The minimum Gasteiger partial charge on any atom is -0.353 e. The van der Waals surface area contributed by atoms with E-state index < -0.39 is 0 Å². The molecule has 2 aromatic heterocycles. The standard InChI is InChI=1S/C23H27ClN6/c1-23(2,3)17-6-8-18(9-7-17)28-20-15-21(27-16-26-20)29-11-13-30(14-12-29)22-19(24)5-4-10-25-22/h4-10,15-16H,11-14H2,1-3H3,(H,26,27,28). The zero-order valence-corrected chi connectivity index (χ0v) is 18.4. The molecule has 0 aliphatic carbocycles. The Morgan fingerprint density at radius 1 is 0.900 bits per heavy atom. The summed E-state index contributed by atoms with van der Waals surface area (Å²) in [6.45, 7) is 10.0. The maximum atomic E-state index is 6.30. The number of benzene rings is 1. The van der Waals surface area contributed by atoms with Crippen molar-refractivity contribution in [2.45, 2.75) is 26.2 Å². The first-order chi connectivity index (χ1) is 14.4. The summed E-state index contributed by atoms with van der Waals surface area (Å²) >= 11 is 6.30. The number of rotatable bonds is 4. The molecule has 6 nitrogen and oxygen atoms in total. The molecule has 4 rings (SSSR count). The molecule has 0 spiro atoms. The Morgan fingerprint density at radius 3 is 2.27 bits per heavy atom. The van der Waals surface area contributed by atoms with E-state index in [4.69, 9.17) is 11.6 Å². The Balaban J connectivity index is 1.41. The van der Waals surface area contributed by atoms with Gasteiger partial charge in [-0.25, -0.2) is 15.0 Å². The number of pyridine rings is 1. The van der Waals surface area contributed by atoms with Crippen molar-refractivity contribution >= 4 is 34.7 Å². The number of anilines is 4. The summed E-state index contributed by atoms with van der Waals surface area (Å²) in [4.78, 5) is 17.8. The molecule has 1 fully saturated rings. The number of hydrogen-bond donors (Lipinski definition) is 1. The number of nitrogens with zero attached hydrogens (tertiary/aromatic N) is 5. The van der Waals surface area contributed by atoms with Crippen molar-refractivity contribution in [1.82, 2.24) is 15.0 Å². The van der Waals surface area contributed by atoms with Gasteiger partial charge < -0.3 is 15.1 Å². The third kappa shape index (κ3) is 4.65. The van der Waals surface area contributed by atoms with Crippen LogP contribution in [0.2, 0.25) is 5.02 Å². The van der Waals surface area contributed by atoms with Gasteiger partial charge in [-0.3, -0.25) is 0 Å². The summed E-state index contributed by atoms with van der Waals surface area (Å²) < 4.78 is 0. The molecule has 0 unspecified atom stereocenters. The van der Waals surface area contributed by atoms with Crippen molar-refractivity contribution < 1.29 is 0 Å². The van der Waals surface area contributed by atoms with Gasteiger partial charge in [-0.15, -0.1) is 0 Å². The van der Waals surface area contributed by atoms with E-state index in [1.54, 1.807) is 12.5 Å². The first-order valence-corrected chi connectivity index (χ1v) is 10.6. The Kier molecular flexibility index (Phi) is 5.77. The smallest absolute Gasteiger partial charge is 0.147 e. The minimum atomic E-state index is 0.141. The second kappa shape index (κ2) is 8.48. The summed E-state index contributed by atoms with van der Waals surface area (Å²) in [5, 5.41) is 4.08. The zero-order valence-electron chi connectivity index (χ0n) is 17.6. The van der Waals surface area contributed by atoms with E-state index in [2.05, 4.69) is 75.1 Å². The van der Waals surface area contributed by atoms with Crippen molar-refractivity contribution in [3.8, 4) is 0 Å². The second-order valence-electron chi connectivity index (χ2n) is 8.50. The van der Waals surface area contributed by atoms with Crippen molar-refractivity contribution in [3.05, 3.63) is 65.6 Å². The van der Waals surface area contributed by atoms with Gasteiger partial charge >= 0.3 is 0 Å². The normalized spacial score (nSPS) is 14.7. The molecule has 1 N–H and O–H groups in total. The van der Waals surface area contributed by atoms with Gasteiger partial charge in [0.05, 0.1) is 5.02 Å². The molecule has 1 aliphatic rings. The highest BCUT2D eigenvalue weighted by molar-refractivity contribution is 6.32. The highest BCUT2D eigenvalue weighted by Gasteiger charge is 2.21. The van der Waals surface area contributed by atoms with E-state index in [0.717, 1.165) is 49.3 Å². The minimum absolute atomic E-state index is 0.141. The van der Waals surface area contributed by atoms with Gasteiger partial charge in [0.15, 0.2) is 0 Å². The van der Waals surface area contributed by atoms with E-state index in [9.17, 15) is 0 Å². The van der Waals surface area contributed by atoms with Gasteiger partial charge in [-0.1, -0.05) is 44.5 Å². The fourth-order valence-electron chi connectivity index (χ4n) is 3.55. The lowest BCUT2D eigenvalue weighted by Gasteiger charge is -2.36. The number of piperazine rings is 1. The SMILES string of the molecule is CC(C)(C)c1ccc(Nc2cc(N3CCN(c4ncccc4Cl)CC3)ncn2)cc1. The first kappa shape index (κ1) is 20.4. The highest BCUT2D eigenvalue weighted by atomic mass is 35.5. The lowest BCUT2D eigenvalue weighted by Crippen LogP contribution is -2.47. The molecule has 0 saturated carbocycles. The van der Waals surface area contributed by atoms with Gasteiger partial charge in [0.25, 0.3) is 0 Å². The molecular formula is C23H27ClN6. The molecule has 0 atom stereocenters. The van der Waals surface area contributed by atoms with Crippen LogP contribution in [0.5, 0.6) is 0 Å². The van der Waals surface area contributed by atoms with E-state index in [0.29, 0.717) is 5.02 Å². The molecule has 3 heterocycles. The predicted molar refractivity (Wildman–Crippen MR) is 124 cm³/mol. The Hall–Kier alpha value is -2.86. The maximum Gasteiger partial charge on any atom is 0.147 e. The first-order valence-electron chi connectivity index (χ1n) is 10.2. The Labute approximate surface area is 182 Å². The number of aromatic nitrogens is 3. The average molecular weight is 423 g/mol. The lowest BCUT2D eigenvalue weighted by atomic mass is 9.87. The summed E-state index contributed by atoms with van der Waals surface area (Å²) in [5.41, 5.74) is 2.46. The van der Waals surface area contributed by atoms with Crippen LogP contribution in [0.4, 0.5) is 23.1 Å². The van der Waals surface area contributed by atoms with E-state index in [1.807, 2.05) is 18.2 Å². The molecule has 0 radical (unpaired) electrons. The highest BCUT2D eigenvalue weighted by Crippen LogP contribution is 2.27. The van der Waals surface area contributed by atoms with Gasteiger partial charge in [0, 0.05) is 44.1 Å². The van der Waals surface area contributed by atoms with Gasteiger partial charge in [-0.05, 0) is 35.2 Å². The molecule has 156 valence electrons. The van der Waals surface area contributed by atoms with Crippen LogP contribution in [0, 0.1) is 0 Å². The molecule has 0 bridgehead atoms. The van der Waals surface area contributed by atoms with Crippen LogP contribution < -0.4 is 15.1 Å². The van der Waals surface area contributed by atoms with Crippen molar-refractivity contribution in [2.24, 2.45) is 0 Å². The fourth-order valence-corrected chi connectivity index (χ4v) is 3.79. The van der Waals surface area contributed by atoms with E-state index >= 15 is 0 Å². The zero-order chi connectivity index (χ0) is 21.1. The quantitative estimate of drug-likeness (QED) is 0.645. The molecule has 1 aromatic carbocycles. The van der Waals surface area contributed by atoms with Crippen LogP contribution in [0.1, 0.15) is 26.3 Å². The van der Waals surface area contributed by atoms with Crippen LogP contribution in [-0.2, 0) is 5.41 Å². The fraction of sp³-hybridized carbons (Fsp3) is 0.348. The average Bonchev–Trinajstić information content (AvgIpc) is 2.74. The summed E-state index contributed by atoms with van der Waals surface area (Å²) in [7, 11) is 0. The number of nitrogens with one attached hydrogen (secondary N) is 1. The molecule has 30 heavy (non-hydrogen) atoms. The topological polar surface area (TPSA) is 57.2 Å². The third-order valence-corrected chi connectivity index (χ3v) is 5.61. The molecule has 7 heteroatoms. The van der Waals surface area contributed by atoms with Crippen molar-refractivity contribution in [1.29, 1.82) is 0 Å². The van der Waals surface area contributed by atoms with Crippen molar-refractivity contribution in [2.75, 3.05) is 41.3 Å². The van der Waals surface area contributed by atoms with E-state index in [1.165, 1.54) is 5.56 Å². The largest absolute Gasteiger partial charge is 0.353 e. The Morgan fingerprint density at radius 2 is 1.60 bits per heavy atom. The van der Waals surface area contributed by atoms with E-state index in [-0.39, 0.29) is 5.41 Å². The van der Waals surface area contributed by atoms with Gasteiger partial charge in [0.2, 0.25) is 0 Å². The van der Waals surface area contributed by atoms with Crippen LogP contribution in [-0.4, -0.2) is 41.1 Å². The molecule has 0 amide bonds. The van der Waals surface area contributed by atoms with Crippen LogP contribution in [0.25, 0.3) is 0 Å². The number of halogens is 1. The monoisotopic (exact) mass is 422 g/mol. The van der Waals surface area contributed by atoms with Gasteiger partial charge in [-0.2, -0.15) is 0 Å². The van der Waals surface area contributed by atoms with Crippen molar-refractivity contribution in [3.63, 3.8) is 0 Å². The molecular weight excluding hydrogens is 396 g/mol. The molecule has 1 aliphatic heterocycles. The lowest BCUT2D eigenvalue weighted by molar-refractivity contribution is 0.590. The maximum absolute atomic E-state index is 6.30. The third-order valence-electron chi connectivity index (χ3n) is 5.32. The summed E-state index contributed by atoms with van der Waals surface area (Å²) in [6, 6.07) is 14.2. The van der Waals surface area contributed by atoms with Crippen LogP contribution in [0.15, 0.2) is 55.0 Å². The predicted octanol–water partition coefficient (Wildman–Crippen LogP) is 4.89. The molecule has 3 aromatic rings. The summed E-state index contributed by atoms with van der Waals surface area (Å²) in [6.07, 6.45) is 3.40. The summed E-state index contributed by atoms with van der Waals surface area (Å²) in [5.74, 6) is 2.56.